The summed E-state index contributed by atoms with van der Waals surface area (Å²) >= 11 is 0. The summed E-state index contributed by atoms with van der Waals surface area (Å²) in [6.45, 7) is 0. The van der Waals surface area contributed by atoms with Crippen LogP contribution >= 0.6 is 0 Å². The highest BCUT2D eigenvalue weighted by Gasteiger charge is 2.04. The zero-order valence-electron chi connectivity index (χ0n) is 24.5. The molecular weight excluding hydrogens is 560 g/mol. The molecule has 0 radical (unpaired) electrons. The standard InChI is InChI=1S/C32H50O7S2/c33-40(34,35)27-15-11-7-3-1-5-9-13-17-29-19-23-31(24-20-29)39-32-25-21-30(22-26-32)18-14-10-6-2-4-8-12-16-28-41(36,37)38/h19-26H,1-18,27-28H2,(H,33,34,35)(H,36,37,38). The first-order chi connectivity index (χ1) is 19.6. The molecular formula is C32H50O7S2. The largest absolute Gasteiger partial charge is 0.457 e. The summed E-state index contributed by atoms with van der Waals surface area (Å²) in [7, 11) is -7.61. The van der Waals surface area contributed by atoms with Gasteiger partial charge in [-0.15, -0.1) is 0 Å². The number of unbranched alkanes of at least 4 members (excludes halogenated alkanes) is 14. The maximum atomic E-state index is 10.7. The average molecular weight is 611 g/mol. The smallest absolute Gasteiger partial charge is 0.264 e. The molecule has 0 aromatic heterocycles. The van der Waals surface area contributed by atoms with Gasteiger partial charge in [-0.25, -0.2) is 0 Å². The van der Waals surface area contributed by atoms with Gasteiger partial charge in [-0.1, -0.05) is 101 Å². The normalized spacial score (nSPS) is 12.0. The number of benzene rings is 2. The fraction of sp³-hybridized carbons (Fsp3) is 0.625. The number of aryl methyl sites for hydroxylation is 2. The lowest BCUT2D eigenvalue weighted by Crippen LogP contribution is -2.03. The first-order valence-electron chi connectivity index (χ1n) is 15.4. The van der Waals surface area contributed by atoms with Gasteiger partial charge in [-0.05, 0) is 73.9 Å². The van der Waals surface area contributed by atoms with Crippen molar-refractivity contribution >= 4 is 20.2 Å². The third-order valence-electron chi connectivity index (χ3n) is 7.32. The molecule has 0 saturated carbocycles. The summed E-state index contributed by atoms with van der Waals surface area (Å²) in [5, 5.41) is 0. The second-order valence-electron chi connectivity index (χ2n) is 11.1. The van der Waals surface area contributed by atoms with Crippen molar-refractivity contribution in [1.82, 2.24) is 0 Å². The molecule has 0 atom stereocenters. The van der Waals surface area contributed by atoms with Crippen LogP contribution in [0.4, 0.5) is 0 Å². The lowest BCUT2D eigenvalue weighted by Gasteiger charge is -2.08. The van der Waals surface area contributed by atoms with Crippen LogP contribution in [0.15, 0.2) is 48.5 Å². The van der Waals surface area contributed by atoms with Crippen molar-refractivity contribution in [3.8, 4) is 11.5 Å². The third kappa shape index (κ3) is 19.7. The predicted molar refractivity (Wildman–Crippen MR) is 167 cm³/mol. The van der Waals surface area contributed by atoms with Crippen molar-refractivity contribution in [1.29, 1.82) is 0 Å². The number of hydrogen-bond donors (Lipinski definition) is 2. The minimum atomic E-state index is -3.81. The molecule has 0 fully saturated rings. The second kappa shape index (κ2) is 20.1. The van der Waals surface area contributed by atoms with Gasteiger partial charge in [0.2, 0.25) is 0 Å². The molecule has 2 rings (SSSR count). The van der Waals surface area contributed by atoms with Crippen LogP contribution in [0.1, 0.15) is 114 Å². The van der Waals surface area contributed by atoms with Crippen molar-refractivity contribution in [2.24, 2.45) is 0 Å². The van der Waals surface area contributed by atoms with E-state index in [1.165, 1.54) is 49.7 Å². The Labute approximate surface area is 248 Å². The molecule has 2 aromatic carbocycles. The molecule has 232 valence electrons. The minimum absolute atomic E-state index is 0.124. The average Bonchev–Trinajstić information content (AvgIpc) is 2.91. The van der Waals surface area contributed by atoms with E-state index in [0.717, 1.165) is 75.7 Å². The highest BCUT2D eigenvalue weighted by molar-refractivity contribution is 7.86. The number of hydrogen-bond acceptors (Lipinski definition) is 5. The Morgan fingerprint density at radius 2 is 0.683 bits per heavy atom. The van der Waals surface area contributed by atoms with Crippen molar-refractivity contribution in [2.45, 2.75) is 116 Å². The summed E-state index contributed by atoms with van der Waals surface area (Å²) in [5.74, 6) is 1.44. The Morgan fingerprint density at radius 3 is 0.976 bits per heavy atom. The predicted octanol–water partition coefficient (Wildman–Crippen LogP) is 8.58. The summed E-state index contributed by atoms with van der Waals surface area (Å²) < 4.78 is 66.3. The van der Waals surface area contributed by atoms with E-state index < -0.39 is 20.2 Å². The Bertz CT molecular complexity index is 1070. The zero-order chi connectivity index (χ0) is 29.8. The first kappa shape index (κ1) is 35.3. The lowest BCUT2D eigenvalue weighted by atomic mass is 10.0. The number of ether oxygens (including phenoxy) is 1. The van der Waals surface area contributed by atoms with E-state index in [9.17, 15) is 16.8 Å². The second-order valence-corrected chi connectivity index (χ2v) is 14.3. The van der Waals surface area contributed by atoms with Crippen LogP contribution in [-0.4, -0.2) is 37.4 Å². The number of rotatable bonds is 24. The van der Waals surface area contributed by atoms with Crippen LogP contribution in [0.5, 0.6) is 11.5 Å². The van der Waals surface area contributed by atoms with Gasteiger partial charge >= 0.3 is 0 Å². The van der Waals surface area contributed by atoms with Gasteiger partial charge in [-0.2, -0.15) is 16.8 Å². The molecule has 0 unspecified atom stereocenters. The molecule has 0 aliphatic carbocycles. The van der Waals surface area contributed by atoms with Gasteiger partial charge in [0.1, 0.15) is 11.5 Å². The van der Waals surface area contributed by atoms with E-state index in [2.05, 4.69) is 24.3 Å². The monoisotopic (exact) mass is 610 g/mol. The highest BCUT2D eigenvalue weighted by atomic mass is 32.2. The van der Waals surface area contributed by atoms with Gasteiger partial charge in [0.05, 0.1) is 11.5 Å². The van der Waals surface area contributed by atoms with Crippen LogP contribution in [0.3, 0.4) is 0 Å². The molecule has 0 aliphatic rings. The molecule has 0 heterocycles. The summed E-state index contributed by atoms with van der Waals surface area (Å²) in [5.41, 5.74) is 2.63. The molecule has 0 bridgehead atoms. The van der Waals surface area contributed by atoms with Crippen LogP contribution in [0, 0.1) is 0 Å². The molecule has 0 amide bonds. The lowest BCUT2D eigenvalue weighted by molar-refractivity contribution is 0.476. The van der Waals surface area contributed by atoms with Crippen LogP contribution in [0.2, 0.25) is 0 Å². The van der Waals surface area contributed by atoms with Crippen LogP contribution in [0.25, 0.3) is 0 Å². The fourth-order valence-corrected chi connectivity index (χ4v) is 6.07. The van der Waals surface area contributed by atoms with E-state index in [-0.39, 0.29) is 11.5 Å². The molecule has 0 spiro atoms. The van der Waals surface area contributed by atoms with Crippen molar-refractivity contribution < 1.29 is 30.7 Å². The van der Waals surface area contributed by atoms with Gasteiger partial charge < -0.3 is 4.74 Å². The van der Waals surface area contributed by atoms with E-state index in [1.807, 2.05) is 24.3 Å². The van der Waals surface area contributed by atoms with Crippen molar-refractivity contribution in [3.05, 3.63) is 59.7 Å². The van der Waals surface area contributed by atoms with E-state index in [0.29, 0.717) is 12.8 Å². The summed E-state index contributed by atoms with van der Waals surface area (Å²) in [4.78, 5) is 0. The molecule has 7 nitrogen and oxygen atoms in total. The maximum Gasteiger partial charge on any atom is 0.264 e. The Morgan fingerprint density at radius 1 is 0.415 bits per heavy atom. The van der Waals surface area contributed by atoms with Gasteiger partial charge in [-0.3, -0.25) is 9.11 Å². The molecule has 2 N–H and O–H groups in total. The topological polar surface area (TPSA) is 118 Å². The fourth-order valence-electron chi connectivity index (χ4n) is 4.93. The Hall–Kier alpha value is -1.94. The molecule has 0 saturated heterocycles. The Balaban J connectivity index is 1.50. The maximum absolute atomic E-state index is 10.7. The third-order valence-corrected chi connectivity index (χ3v) is 8.93. The van der Waals surface area contributed by atoms with Gasteiger partial charge in [0.15, 0.2) is 0 Å². The quantitative estimate of drug-likeness (QED) is 0.0902. The van der Waals surface area contributed by atoms with E-state index in [4.69, 9.17) is 13.8 Å². The van der Waals surface area contributed by atoms with Crippen LogP contribution < -0.4 is 4.74 Å². The molecule has 2 aromatic rings. The van der Waals surface area contributed by atoms with Crippen molar-refractivity contribution in [3.63, 3.8) is 0 Å². The molecule has 41 heavy (non-hydrogen) atoms. The summed E-state index contributed by atoms with van der Waals surface area (Å²) in [6.07, 6.45) is 18.6. The minimum Gasteiger partial charge on any atom is -0.457 e. The summed E-state index contributed by atoms with van der Waals surface area (Å²) in [6, 6.07) is 16.7. The zero-order valence-corrected chi connectivity index (χ0v) is 26.1. The van der Waals surface area contributed by atoms with Crippen LogP contribution in [-0.2, 0) is 33.1 Å². The van der Waals surface area contributed by atoms with E-state index in [1.54, 1.807) is 0 Å². The van der Waals surface area contributed by atoms with Gasteiger partial charge in [0, 0.05) is 0 Å². The Kier molecular flexibility index (Phi) is 17.2. The van der Waals surface area contributed by atoms with Gasteiger partial charge in [0.25, 0.3) is 20.2 Å². The highest BCUT2D eigenvalue weighted by Crippen LogP contribution is 2.23. The van der Waals surface area contributed by atoms with Crippen molar-refractivity contribution in [2.75, 3.05) is 11.5 Å². The molecule has 0 aliphatic heterocycles. The van der Waals surface area contributed by atoms with E-state index >= 15 is 0 Å². The molecule has 9 heteroatoms. The SMILES string of the molecule is O=S(=O)(O)CCCCCCCCCCc1ccc(Oc2ccc(CCCCCCCCCCS(=O)(=O)O)cc2)cc1. The first-order valence-corrected chi connectivity index (χ1v) is 18.6.